The number of rotatable bonds is 3. The fourth-order valence-electron chi connectivity index (χ4n) is 1.55. The molecule has 0 aromatic carbocycles. The second-order valence-electron chi connectivity index (χ2n) is 3.74. The zero-order valence-corrected chi connectivity index (χ0v) is 10.3. The van der Waals surface area contributed by atoms with E-state index < -0.39 is 12.0 Å². The van der Waals surface area contributed by atoms with E-state index in [9.17, 15) is 14.7 Å². The molecule has 2 aromatic rings. The molecule has 0 N–H and O–H groups in total. The van der Waals surface area contributed by atoms with Gasteiger partial charge in [-0.3, -0.25) is 9.36 Å². The number of hydrogen-bond acceptors (Lipinski definition) is 5. The fourth-order valence-corrected chi connectivity index (χ4v) is 2.48. The van der Waals surface area contributed by atoms with Crippen LogP contribution in [0.5, 0.6) is 0 Å². The van der Waals surface area contributed by atoms with E-state index in [4.69, 9.17) is 0 Å². The van der Waals surface area contributed by atoms with Crippen LogP contribution in [-0.4, -0.2) is 15.5 Å². The van der Waals surface area contributed by atoms with Gasteiger partial charge in [0, 0.05) is 4.88 Å². The first kappa shape index (κ1) is 11.8. The summed E-state index contributed by atoms with van der Waals surface area (Å²) in [6, 6.07) is 0.762. The van der Waals surface area contributed by atoms with Crippen LogP contribution in [0.3, 0.4) is 0 Å². The first-order valence-corrected chi connectivity index (χ1v) is 6.06. The summed E-state index contributed by atoms with van der Waals surface area (Å²) >= 11 is 1.45. The predicted molar refractivity (Wildman–Crippen MR) is 63.0 cm³/mol. The number of carbonyl (C=O) groups excluding carboxylic acids is 1. The van der Waals surface area contributed by atoms with Crippen molar-refractivity contribution in [2.45, 2.75) is 26.3 Å². The number of fused-ring (bicyclic) bond motifs is 1. The summed E-state index contributed by atoms with van der Waals surface area (Å²) in [5, 5.41) is 11.2. The monoisotopic (exact) mass is 251 g/mol. The van der Waals surface area contributed by atoms with Gasteiger partial charge in [0.05, 0.1) is 23.7 Å². The Bertz CT molecular complexity index is 629. The first-order valence-electron chi connectivity index (χ1n) is 5.25. The molecule has 17 heavy (non-hydrogen) atoms. The number of aliphatic carboxylic acids is 1. The molecule has 0 saturated carbocycles. The predicted octanol–water partition coefficient (Wildman–Crippen LogP) is 0.331. The molecule has 2 aromatic heterocycles. The van der Waals surface area contributed by atoms with Gasteiger partial charge in [0.15, 0.2) is 0 Å². The van der Waals surface area contributed by atoms with Gasteiger partial charge in [0.2, 0.25) is 0 Å². The minimum Gasteiger partial charge on any atom is -0.548 e. The molecule has 6 heteroatoms. The summed E-state index contributed by atoms with van der Waals surface area (Å²) in [6.45, 7) is 3.39. The van der Waals surface area contributed by atoms with Crippen LogP contribution in [0.25, 0.3) is 10.2 Å². The van der Waals surface area contributed by atoms with E-state index in [2.05, 4.69) is 4.98 Å². The van der Waals surface area contributed by atoms with Gasteiger partial charge < -0.3 is 9.90 Å². The van der Waals surface area contributed by atoms with Crippen molar-refractivity contribution in [3.8, 4) is 0 Å². The van der Waals surface area contributed by atoms with E-state index in [1.807, 2.05) is 6.92 Å². The van der Waals surface area contributed by atoms with Crippen LogP contribution in [0.15, 0.2) is 17.2 Å². The molecule has 0 bridgehead atoms. The van der Waals surface area contributed by atoms with Crippen LogP contribution >= 0.6 is 11.3 Å². The lowest BCUT2D eigenvalue weighted by Gasteiger charge is -2.14. The molecule has 0 aliphatic carbocycles. The van der Waals surface area contributed by atoms with Crippen LogP contribution in [0.4, 0.5) is 0 Å². The molecular weight excluding hydrogens is 240 g/mol. The normalized spacial score (nSPS) is 12.8. The van der Waals surface area contributed by atoms with E-state index in [0.717, 1.165) is 15.9 Å². The number of carboxylic acid groups (broad SMARTS) is 1. The SMILES string of the molecule is CCc1cc2c(=O)n(C(C)C(=O)[O-])cnc2s1. The number of hydrogen-bond donors (Lipinski definition) is 0. The minimum atomic E-state index is -1.29. The maximum absolute atomic E-state index is 12.0. The third-order valence-electron chi connectivity index (χ3n) is 2.63. The molecule has 0 aliphatic heterocycles. The van der Waals surface area contributed by atoms with E-state index in [-0.39, 0.29) is 5.56 Å². The highest BCUT2D eigenvalue weighted by Crippen LogP contribution is 2.21. The third kappa shape index (κ3) is 1.95. The largest absolute Gasteiger partial charge is 0.548 e. The van der Waals surface area contributed by atoms with Crippen molar-refractivity contribution in [1.29, 1.82) is 0 Å². The molecule has 0 aliphatic rings. The average Bonchev–Trinajstić information content (AvgIpc) is 2.72. The lowest BCUT2D eigenvalue weighted by Crippen LogP contribution is -2.36. The van der Waals surface area contributed by atoms with E-state index in [0.29, 0.717) is 10.2 Å². The Balaban J connectivity index is 2.65. The van der Waals surface area contributed by atoms with Crippen LogP contribution in [0, 0.1) is 0 Å². The zero-order valence-electron chi connectivity index (χ0n) is 9.47. The average molecular weight is 251 g/mol. The molecule has 0 fully saturated rings. The molecule has 2 heterocycles. The smallest absolute Gasteiger partial charge is 0.262 e. The third-order valence-corrected chi connectivity index (χ3v) is 3.82. The zero-order chi connectivity index (χ0) is 12.6. The molecule has 90 valence electrons. The van der Waals surface area contributed by atoms with Crippen LogP contribution < -0.4 is 10.7 Å². The van der Waals surface area contributed by atoms with Gasteiger partial charge in [-0.05, 0) is 19.4 Å². The van der Waals surface area contributed by atoms with E-state index in [1.54, 1.807) is 6.07 Å². The summed E-state index contributed by atoms with van der Waals surface area (Å²) in [5.41, 5.74) is -0.331. The number of nitrogens with zero attached hydrogens (tertiary/aromatic N) is 2. The Morgan fingerprint density at radius 2 is 2.35 bits per heavy atom. The number of aromatic nitrogens is 2. The maximum Gasteiger partial charge on any atom is 0.262 e. The number of aryl methyl sites for hydroxylation is 1. The summed E-state index contributed by atoms with van der Waals surface area (Å²) < 4.78 is 1.09. The van der Waals surface area contributed by atoms with Gasteiger partial charge in [-0.25, -0.2) is 4.98 Å². The highest BCUT2D eigenvalue weighted by molar-refractivity contribution is 7.18. The van der Waals surface area contributed by atoms with Crippen molar-refractivity contribution in [2.24, 2.45) is 0 Å². The summed E-state index contributed by atoms with van der Waals surface area (Å²) in [5.74, 6) is -1.29. The van der Waals surface area contributed by atoms with Crippen molar-refractivity contribution in [3.63, 3.8) is 0 Å². The molecule has 0 amide bonds. The second-order valence-corrected chi connectivity index (χ2v) is 4.85. The molecule has 2 rings (SSSR count). The Hall–Kier alpha value is -1.69. The molecule has 1 atom stereocenters. The van der Waals surface area contributed by atoms with E-state index >= 15 is 0 Å². The molecule has 0 radical (unpaired) electrons. The Labute approximate surface area is 101 Å². The quantitative estimate of drug-likeness (QED) is 0.788. The fraction of sp³-hybridized carbons (Fsp3) is 0.364. The first-order chi connectivity index (χ1) is 8.04. The Morgan fingerprint density at radius 3 is 2.94 bits per heavy atom. The molecule has 1 unspecified atom stereocenters. The van der Waals surface area contributed by atoms with Crippen LogP contribution in [0.1, 0.15) is 24.8 Å². The van der Waals surface area contributed by atoms with Crippen LogP contribution in [-0.2, 0) is 11.2 Å². The molecule has 0 spiro atoms. The molecular formula is C11H11N2O3S-. The van der Waals surface area contributed by atoms with E-state index in [1.165, 1.54) is 24.6 Å². The van der Waals surface area contributed by atoms with Gasteiger partial charge in [-0.1, -0.05) is 6.92 Å². The highest BCUT2D eigenvalue weighted by Gasteiger charge is 2.12. The summed E-state index contributed by atoms with van der Waals surface area (Å²) in [7, 11) is 0. The van der Waals surface area contributed by atoms with Gasteiger partial charge in [0.25, 0.3) is 5.56 Å². The Morgan fingerprint density at radius 1 is 1.65 bits per heavy atom. The van der Waals surface area contributed by atoms with Gasteiger partial charge in [-0.15, -0.1) is 11.3 Å². The number of carbonyl (C=O) groups is 1. The lowest BCUT2D eigenvalue weighted by molar-refractivity contribution is -0.309. The van der Waals surface area contributed by atoms with Crippen molar-refractivity contribution >= 4 is 27.5 Å². The van der Waals surface area contributed by atoms with Crippen LogP contribution in [0.2, 0.25) is 0 Å². The summed E-state index contributed by atoms with van der Waals surface area (Å²) in [4.78, 5) is 28.6. The summed E-state index contributed by atoms with van der Waals surface area (Å²) in [6.07, 6.45) is 2.09. The number of thiophene rings is 1. The minimum absolute atomic E-state index is 0.331. The Kier molecular flexibility index (Phi) is 2.97. The van der Waals surface area contributed by atoms with Crippen molar-refractivity contribution in [1.82, 2.24) is 9.55 Å². The van der Waals surface area contributed by atoms with Gasteiger partial charge in [0.1, 0.15) is 4.83 Å². The lowest BCUT2D eigenvalue weighted by atomic mass is 10.3. The maximum atomic E-state index is 12.0. The molecule has 0 saturated heterocycles. The molecule has 5 nitrogen and oxygen atoms in total. The topological polar surface area (TPSA) is 75.0 Å². The second kappa shape index (κ2) is 4.29. The number of carboxylic acids is 1. The van der Waals surface area contributed by atoms with Crippen molar-refractivity contribution < 1.29 is 9.90 Å². The standard InChI is InChI=1S/C11H12N2O3S/c1-3-7-4-8-9(17-7)12-5-13(10(8)14)6(2)11(15)16/h4-6H,3H2,1-2H3,(H,15,16)/p-1. The van der Waals surface area contributed by atoms with Crippen molar-refractivity contribution in [2.75, 3.05) is 0 Å². The van der Waals surface area contributed by atoms with Gasteiger partial charge >= 0.3 is 0 Å². The van der Waals surface area contributed by atoms with Crippen molar-refractivity contribution in [3.05, 3.63) is 27.6 Å². The van der Waals surface area contributed by atoms with Gasteiger partial charge in [-0.2, -0.15) is 0 Å². The highest BCUT2D eigenvalue weighted by atomic mass is 32.1.